The first kappa shape index (κ1) is 21.7. The Bertz CT molecular complexity index is 927. The van der Waals surface area contributed by atoms with Crippen LogP contribution in [0.5, 0.6) is 5.75 Å². The van der Waals surface area contributed by atoms with Gasteiger partial charge < -0.3 is 15.0 Å². The number of nitro benzene ring substituents is 1. The smallest absolute Gasteiger partial charge is 0.420 e. The topological polar surface area (TPSA) is 102 Å². The Morgan fingerprint density at radius 3 is 2.28 bits per heavy atom. The molecule has 0 aliphatic carbocycles. The number of amides is 2. The van der Waals surface area contributed by atoms with Crippen molar-refractivity contribution in [2.75, 3.05) is 26.0 Å². The molecular weight excluding hydrogens is 395 g/mol. The molecule has 0 aromatic heterocycles. The van der Waals surface area contributed by atoms with Crippen LogP contribution in [-0.4, -0.2) is 42.3 Å². The zero-order chi connectivity index (χ0) is 21.8. The summed E-state index contributed by atoms with van der Waals surface area (Å²) in [6.07, 6.45) is -4.90. The molecule has 0 saturated heterocycles. The van der Waals surface area contributed by atoms with Gasteiger partial charge in [-0.3, -0.25) is 19.7 Å². The summed E-state index contributed by atoms with van der Waals surface area (Å²) >= 11 is 0. The van der Waals surface area contributed by atoms with Crippen molar-refractivity contribution in [3.05, 3.63) is 63.7 Å². The number of hydrogen-bond acceptors (Lipinski definition) is 5. The maximum atomic E-state index is 13.1. The van der Waals surface area contributed by atoms with E-state index in [1.807, 2.05) is 0 Å². The number of non-ortho nitro benzene ring substituents is 1. The van der Waals surface area contributed by atoms with E-state index in [4.69, 9.17) is 4.74 Å². The number of nitro groups is 1. The van der Waals surface area contributed by atoms with Gasteiger partial charge in [-0.1, -0.05) is 0 Å². The summed E-state index contributed by atoms with van der Waals surface area (Å²) in [7, 11) is 3.17. The van der Waals surface area contributed by atoms with E-state index >= 15 is 0 Å². The molecule has 0 aliphatic heterocycles. The number of nitrogens with zero attached hydrogens (tertiary/aromatic N) is 2. The lowest BCUT2D eigenvalue weighted by Gasteiger charge is -2.14. The van der Waals surface area contributed by atoms with E-state index in [0.717, 1.165) is 12.1 Å². The summed E-state index contributed by atoms with van der Waals surface area (Å²) < 4.78 is 44.2. The third-order valence-electron chi connectivity index (χ3n) is 3.66. The molecule has 11 heteroatoms. The van der Waals surface area contributed by atoms with Gasteiger partial charge in [0.25, 0.3) is 17.5 Å². The Balaban J connectivity index is 2.06. The summed E-state index contributed by atoms with van der Waals surface area (Å²) in [6, 6.07) is 7.86. The van der Waals surface area contributed by atoms with Crippen molar-refractivity contribution < 1.29 is 32.4 Å². The predicted molar refractivity (Wildman–Crippen MR) is 96.7 cm³/mol. The highest BCUT2D eigenvalue weighted by Gasteiger charge is 2.36. The highest BCUT2D eigenvalue weighted by molar-refractivity contribution is 5.95. The van der Waals surface area contributed by atoms with Gasteiger partial charge in [0.05, 0.1) is 4.92 Å². The van der Waals surface area contributed by atoms with Gasteiger partial charge in [-0.05, 0) is 30.3 Å². The average Bonchev–Trinajstić information content (AvgIpc) is 2.65. The van der Waals surface area contributed by atoms with E-state index in [0.29, 0.717) is 17.3 Å². The summed E-state index contributed by atoms with van der Waals surface area (Å²) in [5, 5.41) is 13.1. The predicted octanol–water partition coefficient (Wildman–Crippen LogP) is 3.33. The van der Waals surface area contributed by atoms with E-state index in [2.05, 4.69) is 5.32 Å². The Hall–Kier alpha value is -3.63. The van der Waals surface area contributed by atoms with Crippen molar-refractivity contribution in [2.24, 2.45) is 0 Å². The molecule has 0 fully saturated rings. The van der Waals surface area contributed by atoms with Crippen LogP contribution in [0.3, 0.4) is 0 Å². The van der Waals surface area contributed by atoms with Crippen LogP contribution in [0.15, 0.2) is 42.5 Å². The molecule has 0 aliphatic rings. The van der Waals surface area contributed by atoms with Crippen LogP contribution in [0.25, 0.3) is 0 Å². The molecule has 29 heavy (non-hydrogen) atoms. The molecular formula is C18H16F3N3O5. The lowest BCUT2D eigenvalue weighted by atomic mass is 10.1. The lowest BCUT2D eigenvalue weighted by molar-refractivity contribution is -0.385. The van der Waals surface area contributed by atoms with Crippen molar-refractivity contribution in [2.45, 2.75) is 6.18 Å². The summed E-state index contributed by atoms with van der Waals surface area (Å²) in [6.45, 7) is -0.751. The number of ether oxygens (including phenoxy) is 1. The van der Waals surface area contributed by atoms with Crippen LogP contribution in [0, 0.1) is 10.1 Å². The van der Waals surface area contributed by atoms with E-state index in [-0.39, 0.29) is 5.91 Å². The molecule has 0 atom stereocenters. The Labute approximate surface area is 163 Å². The lowest BCUT2D eigenvalue weighted by Crippen LogP contribution is -2.22. The van der Waals surface area contributed by atoms with Gasteiger partial charge >= 0.3 is 6.18 Å². The minimum atomic E-state index is -4.90. The molecule has 0 bridgehead atoms. The van der Waals surface area contributed by atoms with Gasteiger partial charge in [-0.15, -0.1) is 0 Å². The van der Waals surface area contributed by atoms with Crippen molar-refractivity contribution in [1.82, 2.24) is 4.90 Å². The molecule has 2 rings (SSSR count). The minimum Gasteiger partial charge on any atom is -0.483 e. The zero-order valence-electron chi connectivity index (χ0n) is 15.3. The Kier molecular flexibility index (Phi) is 6.42. The number of rotatable bonds is 6. The van der Waals surface area contributed by atoms with Gasteiger partial charge in [0.2, 0.25) is 0 Å². The Morgan fingerprint density at radius 2 is 1.76 bits per heavy atom. The van der Waals surface area contributed by atoms with Gasteiger partial charge in [0.1, 0.15) is 11.3 Å². The van der Waals surface area contributed by atoms with Crippen molar-refractivity contribution in [1.29, 1.82) is 0 Å². The van der Waals surface area contributed by atoms with E-state index in [1.165, 1.54) is 29.2 Å². The average molecular weight is 411 g/mol. The fourth-order valence-corrected chi connectivity index (χ4v) is 2.27. The largest absolute Gasteiger partial charge is 0.483 e. The number of anilines is 1. The van der Waals surface area contributed by atoms with Gasteiger partial charge in [0, 0.05) is 37.5 Å². The molecule has 154 valence electrons. The normalized spacial score (nSPS) is 10.9. The monoisotopic (exact) mass is 411 g/mol. The SMILES string of the molecule is CN(C)C(=O)c1ccc(NC(=O)COc2ccc([N+](=O)[O-])cc2C(F)(F)F)cc1. The first-order chi connectivity index (χ1) is 13.5. The van der Waals surface area contributed by atoms with Crippen LogP contribution in [0.4, 0.5) is 24.5 Å². The number of nitrogens with one attached hydrogen (secondary N) is 1. The number of benzene rings is 2. The van der Waals surface area contributed by atoms with Crippen LogP contribution in [0.1, 0.15) is 15.9 Å². The number of alkyl halides is 3. The summed E-state index contributed by atoms with van der Waals surface area (Å²) in [4.78, 5) is 34.8. The third kappa shape index (κ3) is 5.67. The highest BCUT2D eigenvalue weighted by atomic mass is 19.4. The highest BCUT2D eigenvalue weighted by Crippen LogP contribution is 2.38. The van der Waals surface area contributed by atoms with Gasteiger partial charge in [0.15, 0.2) is 6.61 Å². The van der Waals surface area contributed by atoms with Crippen molar-refractivity contribution in [3.8, 4) is 5.75 Å². The molecule has 0 spiro atoms. The molecule has 2 aromatic carbocycles. The maximum absolute atomic E-state index is 13.1. The molecule has 8 nitrogen and oxygen atoms in total. The molecule has 2 aromatic rings. The van der Waals surface area contributed by atoms with E-state index in [1.54, 1.807) is 14.1 Å². The Morgan fingerprint density at radius 1 is 1.14 bits per heavy atom. The standard InChI is InChI=1S/C18H16F3N3O5/c1-23(2)17(26)11-3-5-12(6-4-11)22-16(25)10-29-15-8-7-13(24(27)28)9-14(15)18(19,20)21/h3-9H,10H2,1-2H3,(H,22,25). The molecule has 2 amide bonds. The van der Waals surface area contributed by atoms with Gasteiger partial charge in [-0.2, -0.15) is 13.2 Å². The fraction of sp³-hybridized carbons (Fsp3) is 0.222. The molecule has 0 unspecified atom stereocenters. The van der Waals surface area contributed by atoms with Crippen LogP contribution in [-0.2, 0) is 11.0 Å². The number of carbonyl (C=O) groups excluding carboxylic acids is 2. The molecule has 0 heterocycles. The molecule has 1 N–H and O–H groups in total. The number of halogens is 3. The maximum Gasteiger partial charge on any atom is 0.420 e. The first-order valence-electron chi connectivity index (χ1n) is 8.09. The van der Waals surface area contributed by atoms with Gasteiger partial charge in [-0.25, -0.2) is 0 Å². The number of carbonyl (C=O) groups is 2. The molecule has 0 saturated carbocycles. The van der Waals surface area contributed by atoms with Crippen molar-refractivity contribution >= 4 is 23.2 Å². The van der Waals surface area contributed by atoms with E-state index < -0.39 is 40.6 Å². The zero-order valence-corrected chi connectivity index (χ0v) is 15.3. The fourth-order valence-electron chi connectivity index (χ4n) is 2.27. The number of hydrogen-bond donors (Lipinski definition) is 1. The van der Waals surface area contributed by atoms with Crippen molar-refractivity contribution in [3.63, 3.8) is 0 Å². The summed E-state index contributed by atoms with van der Waals surface area (Å²) in [5.41, 5.74) is -1.40. The first-order valence-corrected chi connectivity index (χ1v) is 8.09. The van der Waals surface area contributed by atoms with Crippen LogP contribution in [0.2, 0.25) is 0 Å². The molecule has 0 radical (unpaired) electrons. The van der Waals surface area contributed by atoms with Crippen LogP contribution >= 0.6 is 0 Å². The second-order valence-corrected chi connectivity index (χ2v) is 6.05. The van der Waals surface area contributed by atoms with E-state index in [9.17, 15) is 32.9 Å². The van der Waals surface area contributed by atoms with Crippen LogP contribution < -0.4 is 10.1 Å². The second-order valence-electron chi connectivity index (χ2n) is 6.05. The second kappa shape index (κ2) is 8.59. The third-order valence-corrected chi connectivity index (χ3v) is 3.66. The minimum absolute atomic E-state index is 0.232. The summed E-state index contributed by atoms with van der Waals surface area (Å²) in [5.74, 6) is -1.68. The quantitative estimate of drug-likeness (QED) is 0.580.